The molecule has 0 aliphatic carbocycles. The van der Waals surface area contributed by atoms with Crippen LogP contribution in [0.3, 0.4) is 0 Å². The van der Waals surface area contributed by atoms with Crippen molar-refractivity contribution in [3.63, 3.8) is 0 Å². The van der Waals surface area contributed by atoms with Crippen molar-refractivity contribution < 1.29 is 29.4 Å². The zero-order valence-electron chi connectivity index (χ0n) is 35.5. The van der Waals surface area contributed by atoms with Gasteiger partial charge in [-0.1, -0.05) is 58.0 Å². The molecule has 2 aromatic carbocycles. The molecule has 4 amide bonds. The summed E-state index contributed by atoms with van der Waals surface area (Å²) in [6.45, 7) is 1.00. The topological polar surface area (TPSA) is 234 Å². The lowest BCUT2D eigenvalue weighted by atomic mass is 9.92. The fourth-order valence-corrected chi connectivity index (χ4v) is 10.6. The summed E-state index contributed by atoms with van der Waals surface area (Å²) in [6, 6.07) is 31.0. The maximum absolute atomic E-state index is 13.3. The molecule has 1 saturated heterocycles. The predicted molar refractivity (Wildman–Crippen MR) is 256 cm³/mol. The minimum atomic E-state index is -0.388. The van der Waals surface area contributed by atoms with Gasteiger partial charge in [-0.2, -0.15) is 0 Å². The van der Waals surface area contributed by atoms with Gasteiger partial charge >= 0.3 is 0 Å². The van der Waals surface area contributed by atoms with Crippen LogP contribution in [0.2, 0.25) is 0 Å². The number of hydrogen-bond donors (Lipinski definition) is 6. The summed E-state index contributed by atoms with van der Waals surface area (Å²) in [5, 5.41) is 33.6. The molecule has 0 atom stereocenters. The number of nitrogens with zero attached hydrogens (tertiary/aromatic N) is 6. The third-order valence-corrected chi connectivity index (χ3v) is 13.9. The van der Waals surface area contributed by atoms with Crippen LogP contribution in [0.1, 0.15) is 52.8 Å². The van der Waals surface area contributed by atoms with Crippen LogP contribution >= 0.6 is 21.6 Å². The number of nitrogens with one attached hydrogen (secondary N) is 4. The van der Waals surface area contributed by atoms with Gasteiger partial charge in [0.25, 0.3) is 23.6 Å². The third kappa shape index (κ3) is 10.3. The molecule has 0 spiro atoms. The number of carbonyl (C=O) groups excluding carboxylic acids is 4. The Morgan fingerprint density at radius 3 is 1.16 bits per heavy atom. The number of amides is 4. The Kier molecular flexibility index (Phi) is 13.0. The maximum atomic E-state index is 13.3. The first-order chi connectivity index (χ1) is 32.6. The second kappa shape index (κ2) is 19.6. The van der Waals surface area contributed by atoms with E-state index >= 15 is 0 Å². The summed E-state index contributed by atoms with van der Waals surface area (Å²) in [7, 11) is 3.38. The van der Waals surface area contributed by atoms with Crippen molar-refractivity contribution in [3.8, 4) is 34.3 Å². The molecule has 0 bridgehead atoms. The predicted octanol–water partition coefficient (Wildman–Crippen LogP) is 6.51. The molecule has 8 aromatic rings. The maximum Gasteiger partial charge on any atom is 0.253 e. The average Bonchev–Trinajstić information content (AvgIpc) is 3.85. The molecule has 1 aliphatic rings. The lowest BCUT2D eigenvalue weighted by Gasteiger charge is -2.28. The number of pyridine rings is 6. The molecule has 6 aromatic heterocycles. The Bertz CT molecular complexity index is 2930. The van der Waals surface area contributed by atoms with Gasteiger partial charge in [0, 0.05) is 65.6 Å². The highest BCUT2D eigenvalue weighted by Gasteiger charge is 2.36. The van der Waals surface area contributed by atoms with E-state index in [1.807, 2.05) is 24.3 Å². The van der Waals surface area contributed by atoms with Crippen LogP contribution in [0.25, 0.3) is 44.6 Å². The SMILES string of the molecule is O=C(NCc1ccc2cccc(O)c2n1)c1ccc(-c2ccc(C(=O)NCC3(CNC(=O)c4ccc(-c5ccc(C(=O)NCc6ccc7cccc(O)c7n6)cn5)nc4)CSSC3)cn2)nc1. The van der Waals surface area contributed by atoms with Crippen molar-refractivity contribution in [1.82, 2.24) is 51.2 Å². The number of para-hydroxylation sites is 2. The van der Waals surface area contributed by atoms with Crippen molar-refractivity contribution in [2.45, 2.75) is 13.1 Å². The zero-order valence-corrected chi connectivity index (χ0v) is 37.1. The molecule has 18 heteroatoms. The van der Waals surface area contributed by atoms with Gasteiger partial charge in [-0.3, -0.25) is 39.1 Å². The third-order valence-electron chi connectivity index (χ3n) is 11.1. The molecule has 334 valence electrons. The Morgan fingerprint density at radius 2 is 0.821 bits per heavy atom. The van der Waals surface area contributed by atoms with Crippen molar-refractivity contribution in [1.29, 1.82) is 0 Å². The first-order valence-corrected chi connectivity index (χ1v) is 23.5. The summed E-state index contributed by atoms with van der Waals surface area (Å²) in [6.07, 6.45) is 5.87. The van der Waals surface area contributed by atoms with Crippen molar-refractivity contribution in [2.75, 3.05) is 24.6 Å². The van der Waals surface area contributed by atoms with Gasteiger partial charge in [-0.25, -0.2) is 9.97 Å². The number of benzene rings is 2. The molecule has 7 heterocycles. The van der Waals surface area contributed by atoms with Crippen molar-refractivity contribution in [2.24, 2.45) is 5.41 Å². The van der Waals surface area contributed by atoms with E-state index in [9.17, 15) is 29.4 Å². The van der Waals surface area contributed by atoms with E-state index in [2.05, 4.69) is 51.2 Å². The summed E-state index contributed by atoms with van der Waals surface area (Å²) in [5.74, 6) is 0.325. The van der Waals surface area contributed by atoms with Crippen molar-refractivity contribution >= 4 is 67.0 Å². The molecule has 6 N–H and O–H groups in total. The van der Waals surface area contributed by atoms with Crippen LogP contribution < -0.4 is 21.3 Å². The molecule has 16 nitrogen and oxygen atoms in total. The molecule has 67 heavy (non-hydrogen) atoms. The average molecular weight is 929 g/mol. The fraction of sp³-hybridized carbons (Fsp3) is 0.143. The van der Waals surface area contributed by atoms with Crippen LogP contribution in [0.5, 0.6) is 11.5 Å². The van der Waals surface area contributed by atoms with Gasteiger partial charge < -0.3 is 31.5 Å². The minimum absolute atomic E-state index is 0.0728. The van der Waals surface area contributed by atoms with E-state index in [1.54, 1.807) is 107 Å². The van der Waals surface area contributed by atoms with Gasteiger partial charge in [0.2, 0.25) is 0 Å². The largest absolute Gasteiger partial charge is 0.506 e. The Hall–Kier alpha value is -7.96. The summed E-state index contributed by atoms with van der Waals surface area (Å²) in [4.78, 5) is 78.9. The number of rotatable bonds is 14. The number of phenolic OH excluding ortho intramolecular Hbond substituents is 2. The molecular formula is C49H40N10O6S2. The van der Waals surface area contributed by atoms with Gasteiger partial charge in [0.05, 0.1) is 69.5 Å². The lowest BCUT2D eigenvalue weighted by Crippen LogP contribution is -2.47. The van der Waals surface area contributed by atoms with Gasteiger partial charge in [0.15, 0.2) is 0 Å². The summed E-state index contributed by atoms with van der Waals surface area (Å²) < 4.78 is 0. The number of hydrogen-bond acceptors (Lipinski definition) is 14. The number of aromatic hydroxyl groups is 2. The van der Waals surface area contributed by atoms with E-state index in [4.69, 9.17) is 0 Å². The first-order valence-electron chi connectivity index (χ1n) is 21.0. The lowest BCUT2D eigenvalue weighted by molar-refractivity contribution is 0.0917. The van der Waals surface area contributed by atoms with Gasteiger partial charge in [-0.15, -0.1) is 0 Å². The van der Waals surface area contributed by atoms with Gasteiger partial charge in [-0.05, 0) is 72.8 Å². The molecule has 1 aliphatic heterocycles. The number of carbonyl (C=O) groups is 4. The zero-order chi connectivity index (χ0) is 46.3. The van der Waals surface area contributed by atoms with E-state index < -0.39 is 0 Å². The molecule has 0 unspecified atom stereocenters. The normalized spacial score (nSPS) is 13.0. The molecular weight excluding hydrogens is 889 g/mol. The Balaban J connectivity index is 0.735. The number of fused-ring (bicyclic) bond motifs is 2. The molecule has 9 rings (SSSR count). The highest BCUT2D eigenvalue weighted by molar-refractivity contribution is 8.77. The molecule has 1 fully saturated rings. The highest BCUT2D eigenvalue weighted by Crippen LogP contribution is 2.42. The quantitative estimate of drug-likeness (QED) is 0.0639. The van der Waals surface area contributed by atoms with Crippen LogP contribution in [-0.2, 0) is 13.1 Å². The summed E-state index contributed by atoms with van der Waals surface area (Å²) >= 11 is 0. The van der Waals surface area contributed by atoms with E-state index in [0.717, 1.165) is 22.3 Å². The second-order valence-corrected chi connectivity index (χ2v) is 18.2. The van der Waals surface area contributed by atoms with Crippen LogP contribution in [0, 0.1) is 5.41 Å². The van der Waals surface area contributed by atoms with E-state index in [0.29, 0.717) is 80.5 Å². The minimum Gasteiger partial charge on any atom is -0.506 e. The van der Waals surface area contributed by atoms with Crippen LogP contribution in [-0.4, -0.2) is 88.3 Å². The van der Waals surface area contributed by atoms with E-state index in [-0.39, 0.29) is 53.6 Å². The molecule has 0 radical (unpaired) electrons. The molecule has 0 saturated carbocycles. The number of aromatic nitrogens is 6. The van der Waals surface area contributed by atoms with E-state index in [1.165, 1.54) is 24.8 Å². The fourth-order valence-electron chi connectivity index (χ4n) is 7.19. The summed E-state index contributed by atoms with van der Waals surface area (Å²) in [5.41, 5.74) is 5.28. The standard InChI is InChI=1S/C49H40N10O6S2/c60-41-5-1-3-29-7-13-35(58-43(29)41)23-54-45(62)31-9-15-37(50-19-31)39-17-11-33(21-52-39)47(64)56-25-49(27-66-67-28-49)26-57-48(65)34-12-18-40(53-22-34)38-16-10-32(20-51-38)46(63)55-24-36-14-8-30-4-2-6-42(61)44(30)59-36/h1-22,60-61H,23-28H2,(H,54,62)(H,55,63)(H,56,64)(H,57,65). The first kappa shape index (κ1) is 44.3. The number of phenols is 2. The highest BCUT2D eigenvalue weighted by atomic mass is 33.1. The smallest absolute Gasteiger partial charge is 0.253 e. The Labute approximate surface area is 390 Å². The monoisotopic (exact) mass is 928 g/mol. The van der Waals surface area contributed by atoms with Crippen LogP contribution in [0.4, 0.5) is 0 Å². The van der Waals surface area contributed by atoms with Crippen LogP contribution in [0.15, 0.2) is 134 Å². The van der Waals surface area contributed by atoms with Gasteiger partial charge in [0.1, 0.15) is 22.5 Å². The van der Waals surface area contributed by atoms with Crippen molar-refractivity contribution in [3.05, 3.63) is 168 Å². The Morgan fingerprint density at radius 1 is 0.463 bits per heavy atom. The second-order valence-electron chi connectivity index (χ2n) is 15.8.